The number of thiazole rings is 1. The van der Waals surface area contributed by atoms with Crippen molar-refractivity contribution >= 4 is 26.7 Å². The Morgan fingerprint density at radius 2 is 1.91 bits per heavy atom. The summed E-state index contributed by atoms with van der Waals surface area (Å²) in [6.07, 6.45) is 5.20. The lowest BCUT2D eigenvalue weighted by Crippen LogP contribution is -2.13. The molecule has 2 aromatic carbocycles. The van der Waals surface area contributed by atoms with Crippen LogP contribution in [-0.4, -0.2) is 11.0 Å². The quantitative estimate of drug-likeness (QED) is 0.698. The van der Waals surface area contributed by atoms with Crippen molar-refractivity contribution in [2.75, 3.05) is 5.32 Å². The first-order valence-electron chi connectivity index (χ1n) is 8.21. The zero-order valence-corrected chi connectivity index (χ0v) is 13.8. The molecule has 1 aliphatic carbocycles. The fraction of sp³-hybridized carbons (Fsp3) is 0.316. The number of hydrogen-bond acceptors (Lipinski definition) is 4. The Morgan fingerprint density at radius 1 is 1.09 bits per heavy atom. The molecule has 1 aliphatic rings. The highest BCUT2D eigenvalue weighted by Crippen LogP contribution is 2.31. The Morgan fingerprint density at radius 3 is 2.74 bits per heavy atom. The van der Waals surface area contributed by atoms with E-state index in [1.54, 1.807) is 11.3 Å². The smallest absolute Gasteiger partial charge is 0.184 e. The molecule has 0 radical (unpaired) electrons. The molecule has 1 heterocycles. The maximum Gasteiger partial charge on any atom is 0.184 e. The van der Waals surface area contributed by atoms with Gasteiger partial charge in [-0.15, -0.1) is 0 Å². The SMILES string of the molecule is c1ccc(COc2ccc3nc(NC4CCCC4)sc3c2)cc1. The Kier molecular flexibility index (Phi) is 4.16. The molecule has 0 unspecified atom stereocenters. The number of benzene rings is 2. The lowest BCUT2D eigenvalue weighted by molar-refractivity contribution is 0.306. The van der Waals surface area contributed by atoms with Crippen LogP contribution >= 0.6 is 11.3 Å². The second kappa shape index (κ2) is 6.59. The van der Waals surface area contributed by atoms with Crippen LogP contribution in [0, 0.1) is 0 Å². The Balaban J connectivity index is 1.46. The van der Waals surface area contributed by atoms with Gasteiger partial charge in [0.15, 0.2) is 5.13 Å². The van der Waals surface area contributed by atoms with Crippen LogP contribution in [0.4, 0.5) is 5.13 Å². The van der Waals surface area contributed by atoms with Gasteiger partial charge in [-0.05, 0) is 36.6 Å². The molecule has 1 saturated carbocycles. The maximum absolute atomic E-state index is 5.90. The number of fused-ring (bicyclic) bond motifs is 1. The van der Waals surface area contributed by atoms with Crippen LogP contribution in [-0.2, 0) is 6.61 Å². The van der Waals surface area contributed by atoms with Gasteiger partial charge in [0, 0.05) is 6.04 Å². The van der Waals surface area contributed by atoms with Crippen LogP contribution in [0.3, 0.4) is 0 Å². The highest BCUT2D eigenvalue weighted by molar-refractivity contribution is 7.22. The van der Waals surface area contributed by atoms with Gasteiger partial charge in [0.1, 0.15) is 12.4 Å². The van der Waals surface area contributed by atoms with Gasteiger partial charge in [-0.1, -0.05) is 54.5 Å². The third kappa shape index (κ3) is 3.48. The zero-order valence-electron chi connectivity index (χ0n) is 13.0. The number of nitrogens with one attached hydrogen (secondary N) is 1. The second-order valence-corrected chi connectivity index (χ2v) is 7.08. The number of aromatic nitrogens is 1. The summed E-state index contributed by atoms with van der Waals surface area (Å²) in [5, 5.41) is 4.61. The van der Waals surface area contributed by atoms with Crippen molar-refractivity contribution in [3.63, 3.8) is 0 Å². The maximum atomic E-state index is 5.90. The largest absolute Gasteiger partial charge is 0.489 e. The van der Waals surface area contributed by atoms with Gasteiger partial charge in [-0.2, -0.15) is 0 Å². The van der Waals surface area contributed by atoms with E-state index in [1.165, 1.54) is 35.9 Å². The van der Waals surface area contributed by atoms with E-state index >= 15 is 0 Å². The minimum Gasteiger partial charge on any atom is -0.489 e. The van der Waals surface area contributed by atoms with E-state index in [4.69, 9.17) is 4.74 Å². The van der Waals surface area contributed by atoms with Crippen LogP contribution in [0.15, 0.2) is 48.5 Å². The molecule has 23 heavy (non-hydrogen) atoms. The average molecular weight is 324 g/mol. The molecule has 0 aliphatic heterocycles. The molecule has 1 N–H and O–H groups in total. The molecule has 0 bridgehead atoms. The molecular weight excluding hydrogens is 304 g/mol. The van der Waals surface area contributed by atoms with E-state index in [0.29, 0.717) is 12.6 Å². The van der Waals surface area contributed by atoms with Gasteiger partial charge in [-0.3, -0.25) is 0 Å². The summed E-state index contributed by atoms with van der Waals surface area (Å²) in [5.74, 6) is 0.900. The molecule has 118 valence electrons. The van der Waals surface area contributed by atoms with Crippen LogP contribution in [0.1, 0.15) is 31.2 Å². The first-order chi connectivity index (χ1) is 11.4. The van der Waals surface area contributed by atoms with E-state index in [2.05, 4.69) is 28.5 Å². The van der Waals surface area contributed by atoms with Crippen LogP contribution in [0.2, 0.25) is 0 Å². The first-order valence-corrected chi connectivity index (χ1v) is 9.02. The molecule has 3 aromatic rings. The normalized spacial score (nSPS) is 15.1. The van der Waals surface area contributed by atoms with E-state index < -0.39 is 0 Å². The Labute approximate surface area is 140 Å². The van der Waals surface area contributed by atoms with Crippen molar-refractivity contribution in [3.05, 3.63) is 54.1 Å². The summed E-state index contributed by atoms with van der Waals surface area (Å²) < 4.78 is 7.08. The van der Waals surface area contributed by atoms with Crippen LogP contribution in [0.25, 0.3) is 10.2 Å². The lowest BCUT2D eigenvalue weighted by Gasteiger charge is -2.09. The summed E-state index contributed by atoms with van der Waals surface area (Å²) in [6.45, 7) is 0.596. The van der Waals surface area contributed by atoms with Crippen LogP contribution < -0.4 is 10.1 Å². The third-order valence-corrected chi connectivity index (χ3v) is 5.24. The Hall–Kier alpha value is -2.07. The van der Waals surface area contributed by atoms with Gasteiger partial charge in [0.05, 0.1) is 10.2 Å². The summed E-state index contributed by atoms with van der Waals surface area (Å²) in [4.78, 5) is 4.69. The molecule has 0 atom stereocenters. The molecule has 3 nitrogen and oxygen atoms in total. The molecule has 0 saturated heterocycles. The summed E-state index contributed by atoms with van der Waals surface area (Å²) in [6, 6.07) is 17.0. The highest BCUT2D eigenvalue weighted by Gasteiger charge is 2.16. The predicted molar refractivity (Wildman–Crippen MR) is 96.3 cm³/mol. The van der Waals surface area contributed by atoms with Gasteiger partial charge in [0.2, 0.25) is 0 Å². The highest BCUT2D eigenvalue weighted by atomic mass is 32.1. The van der Waals surface area contributed by atoms with Crippen molar-refractivity contribution in [2.24, 2.45) is 0 Å². The van der Waals surface area contributed by atoms with Gasteiger partial charge in [0.25, 0.3) is 0 Å². The number of nitrogens with zero attached hydrogens (tertiary/aromatic N) is 1. The number of hydrogen-bond donors (Lipinski definition) is 1. The fourth-order valence-corrected chi connectivity index (χ4v) is 4.01. The van der Waals surface area contributed by atoms with E-state index in [0.717, 1.165) is 16.4 Å². The second-order valence-electron chi connectivity index (χ2n) is 6.05. The molecule has 1 fully saturated rings. The molecule has 4 heteroatoms. The lowest BCUT2D eigenvalue weighted by atomic mass is 10.2. The first kappa shape index (κ1) is 14.5. The topological polar surface area (TPSA) is 34.1 Å². The van der Waals surface area contributed by atoms with Crippen molar-refractivity contribution in [1.29, 1.82) is 0 Å². The van der Waals surface area contributed by atoms with E-state index in [9.17, 15) is 0 Å². The van der Waals surface area contributed by atoms with E-state index in [1.807, 2.05) is 30.3 Å². The monoisotopic (exact) mass is 324 g/mol. The molecule has 4 rings (SSSR count). The fourth-order valence-electron chi connectivity index (χ4n) is 3.04. The van der Waals surface area contributed by atoms with Crippen molar-refractivity contribution in [2.45, 2.75) is 38.3 Å². The summed E-state index contributed by atoms with van der Waals surface area (Å²) in [7, 11) is 0. The molecule has 0 amide bonds. The standard InChI is InChI=1S/C19H20N2OS/c1-2-6-14(7-3-1)13-22-16-10-11-17-18(12-16)23-19(21-17)20-15-8-4-5-9-15/h1-3,6-7,10-12,15H,4-5,8-9,13H2,(H,20,21). The minimum absolute atomic E-state index is 0.596. The van der Waals surface area contributed by atoms with Crippen molar-refractivity contribution < 1.29 is 4.74 Å². The third-order valence-electron chi connectivity index (χ3n) is 4.29. The Bertz CT molecular complexity index is 778. The van der Waals surface area contributed by atoms with Gasteiger partial charge in [-0.25, -0.2) is 4.98 Å². The van der Waals surface area contributed by atoms with E-state index in [-0.39, 0.29) is 0 Å². The van der Waals surface area contributed by atoms with Crippen LogP contribution in [0.5, 0.6) is 5.75 Å². The number of rotatable bonds is 5. The van der Waals surface area contributed by atoms with Gasteiger partial charge < -0.3 is 10.1 Å². The molecule has 0 spiro atoms. The predicted octanol–water partition coefficient (Wildman–Crippen LogP) is 5.23. The zero-order chi connectivity index (χ0) is 15.5. The number of anilines is 1. The van der Waals surface area contributed by atoms with Gasteiger partial charge >= 0.3 is 0 Å². The molecule has 1 aromatic heterocycles. The van der Waals surface area contributed by atoms with Crippen molar-refractivity contribution in [3.8, 4) is 5.75 Å². The minimum atomic E-state index is 0.596. The molecular formula is C19H20N2OS. The summed E-state index contributed by atoms with van der Waals surface area (Å²) >= 11 is 1.72. The number of ether oxygens (including phenoxy) is 1. The average Bonchev–Trinajstić information content (AvgIpc) is 3.23. The summed E-state index contributed by atoms with van der Waals surface area (Å²) in [5.41, 5.74) is 2.23. The van der Waals surface area contributed by atoms with Crippen molar-refractivity contribution in [1.82, 2.24) is 4.98 Å².